The molecule has 0 atom stereocenters. The molecule has 0 aliphatic rings. The monoisotopic (exact) mass is 306 g/mol. The van der Waals surface area contributed by atoms with Crippen LogP contribution < -0.4 is 10.2 Å². The molecule has 1 aromatic carbocycles. The van der Waals surface area contributed by atoms with E-state index in [0.717, 1.165) is 10.2 Å². The maximum absolute atomic E-state index is 4.19. The maximum atomic E-state index is 4.19. The van der Waals surface area contributed by atoms with Crippen LogP contribution in [0.15, 0.2) is 35.1 Å². The van der Waals surface area contributed by atoms with Crippen LogP contribution in [-0.2, 0) is 0 Å². The van der Waals surface area contributed by atoms with Gasteiger partial charge in [-0.15, -0.1) is 0 Å². The van der Waals surface area contributed by atoms with Crippen molar-refractivity contribution in [3.63, 3.8) is 0 Å². The van der Waals surface area contributed by atoms with Gasteiger partial charge in [0.15, 0.2) is 0 Å². The standard InChI is InChI=1S/C13H15BrN4/c1-9-4-5-11(6-12(9)18(2)3)17-13-15-7-10(14)8-16-13/h4-8H,1-3H3,(H,15,16,17). The van der Waals surface area contributed by atoms with Gasteiger partial charge < -0.3 is 10.2 Å². The Balaban J connectivity index is 2.24. The topological polar surface area (TPSA) is 41.1 Å². The minimum absolute atomic E-state index is 0.590. The first-order valence-electron chi connectivity index (χ1n) is 5.59. The lowest BCUT2D eigenvalue weighted by Crippen LogP contribution is -2.10. The lowest BCUT2D eigenvalue weighted by atomic mass is 10.1. The van der Waals surface area contributed by atoms with Crippen LogP contribution in [0, 0.1) is 6.92 Å². The van der Waals surface area contributed by atoms with Crippen molar-refractivity contribution < 1.29 is 0 Å². The molecule has 18 heavy (non-hydrogen) atoms. The molecule has 1 aromatic heterocycles. The van der Waals surface area contributed by atoms with Crippen LogP contribution >= 0.6 is 15.9 Å². The van der Waals surface area contributed by atoms with Crippen molar-refractivity contribution >= 4 is 33.3 Å². The van der Waals surface area contributed by atoms with E-state index in [1.165, 1.54) is 11.3 Å². The maximum Gasteiger partial charge on any atom is 0.227 e. The molecule has 0 aliphatic heterocycles. The number of benzene rings is 1. The average molecular weight is 307 g/mol. The van der Waals surface area contributed by atoms with Gasteiger partial charge in [-0.1, -0.05) is 6.07 Å². The van der Waals surface area contributed by atoms with Crippen LogP contribution in [0.2, 0.25) is 0 Å². The van der Waals surface area contributed by atoms with Crippen LogP contribution in [0.5, 0.6) is 0 Å². The molecule has 0 saturated heterocycles. The molecule has 0 bridgehead atoms. The van der Waals surface area contributed by atoms with Crippen LogP contribution in [-0.4, -0.2) is 24.1 Å². The Morgan fingerprint density at radius 1 is 1.17 bits per heavy atom. The normalized spacial score (nSPS) is 10.2. The molecule has 2 rings (SSSR count). The highest BCUT2D eigenvalue weighted by Crippen LogP contribution is 2.24. The van der Waals surface area contributed by atoms with Crippen LogP contribution in [0.25, 0.3) is 0 Å². The Labute approximate surface area is 115 Å². The third kappa shape index (κ3) is 2.98. The van der Waals surface area contributed by atoms with E-state index in [-0.39, 0.29) is 0 Å². The molecule has 0 aliphatic carbocycles. The second kappa shape index (κ2) is 5.35. The van der Waals surface area contributed by atoms with E-state index in [9.17, 15) is 0 Å². The molecule has 0 spiro atoms. The van der Waals surface area contributed by atoms with Gasteiger partial charge in [0.25, 0.3) is 0 Å². The summed E-state index contributed by atoms with van der Waals surface area (Å²) in [6.07, 6.45) is 3.44. The minimum Gasteiger partial charge on any atom is -0.377 e. The molecule has 4 nitrogen and oxygen atoms in total. The van der Waals surface area contributed by atoms with Gasteiger partial charge in [-0.2, -0.15) is 0 Å². The molecule has 0 unspecified atom stereocenters. The number of aryl methyl sites for hydroxylation is 1. The van der Waals surface area contributed by atoms with Gasteiger partial charge >= 0.3 is 0 Å². The SMILES string of the molecule is Cc1ccc(Nc2ncc(Br)cn2)cc1N(C)C. The first kappa shape index (κ1) is 12.8. The van der Waals surface area contributed by atoms with E-state index in [4.69, 9.17) is 0 Å². The first-order valence-corrected chi connectivity index (χ1v) is 6.38. The molecule has 5 heteroatoms. The number of hydrogen-bond donors (Lipinski definition) is 1. The van der Waals surface area contributed by atoms with E-state index in [0.29, 0.717) is 5.95 Å². The molecule has 0 radical (unpaired) electrons. The van der Waals surface area contributed by atoms with Crippen molar-refractivity contribution in [3.05, 3.63) is 40.6 Å². The van der Waals surface area contributed by atoms with Gasteiger partial charge in [-0.3, -0.25) is 0 Å². The summed E-state index contributed by atoms with van der Waals surface area (Å²) in [7, 11) is 4.06. The third-order valence-corrected chi connectivity index (χ3v) is 2.98. The van der Waals surface area contributed by atoms with Gasteiger partial charge in [-0.25, -0.2) is 9.97 Å². The number of rotatable bonds is 3. The number of anilines is 3. The number of halogens is 1. The molecule has 0 fully saturated rings. The largest absolute Gasteiger partial charge is 0.377 e. The summed E-state index contributed by atoms with van der Waals surface area (Å²) in [4.78, 5) is 10.5. The molecule has 94 valence electrons. The highest BCUT2D eigenvalue weighted by Gasteiger charge is 2.03. The van der Waals surface area contributed by atoms with E-state index < -0.39 is 0 Å². The van der Waals surface area contributed by atoms with Gasteiger partial charge in [0.05, 0.1) is 4.47 Å². The summed E-state index contributed by atoms with van der Waals surface area (Å²) in [5, 5.41) is 3.18. The Kier molecular flexibility index (Phi) is 3.81. The summed E-state index contributed by atoms with van der Waals surface area (Å²) >= 11 is 3.31. The van der Waals surface area contributed by atoms with Gasteiger partial charge in [0.2, 0.25) is 5.95 Å². The molecule has 1 N–H and O–H groups in total. The van der Waals surface area contributed by atoms with E-state index >= 15 is 0 Å². The fourth-order valence-electron chi connectivity index (χ4n) is 1.67. The number of hydrogen-bond acceptors (Lipinski definition) is 4. The van der Waals surface area contributed by atoms with Gasteiger partial charge in [0, 0.05) is 37.9 Å². The molecule has 0 saturated carbocycles. The molecular weight excluding hydrogens is 292 g/mol. The predicted molar refractivity (Wildman–Crippen MR) is 78.5 cm³/mol. The van der Waals surface area contributed by atoms with Crippen LogP contribution in [0.1, 0.15) is 5.56 Å². The summed E-state index contributed by atoms with van der Waals surface area (Å²) in [6, 6.07) is 6.19. The van der Waals surface area contributed by atoms with Crippen molar-refractivity contribution in [3.8, 4) is 0 Å². The van der Waals surface area contributed by atoms with Gasteiger partial charge in [-0.05, 0) is 40.5 Å². The Bertz CT molecular complexity index is 537. The summed E-state index contributed by atoms with van der Waals surface area (Å²) in [6.45, 7) is 2.09. The fraction of sp³-hybridized carbons (Fsp3) is 0.231. The smallest absolute Gasteiger partial charge is 0.227 e. The fourth-order valence-corrected chi connectivity index (χ4v) is 1.88. The Morgan fingerprint density at radius 2 is 1.83 bits per heavy atom. The first-order chi connectivity index (χ1) is 8.56. The summed E-state index contributed by atoms with van der Waals surface area (Å²) in [5.41, 5.74) is 3.39. The second-order valence-electron chi connectivity index (χ2n) is 4.25. The van der Waals surface area contributed by atoms with Crippen LogP contribution in [0.3, 0.4) is 0 Å². The number of nitrogens with zero attached hydrogens (tertiary/aromatic N) is 3. The van der Waals surface area contributed by atoms with Crippen molar-refractivity contribution in [2.75, 3.05) is 24.3 Å². The zero-order valence-electron chi connectivity index (χ0n) is 10.6. The molecular formula is C13H15BrN4. The van der Waals surface area contributed by atoms with Crippen LogP contribution in [0.4, 0.5) is 17.3 Å². The Morgan fingerprint density at radius 3 is 2.44 bits per heavy atom. The van der Waals surface area contributed by atoms with E-state index in [1.54, 1.807) is 12.4 Å². The van der Waals surface area contributed by atoms with E-state index in [1.807, 2.05) is 20.2 Å². The molecule has 0 amide bonds. The second-order valence-corrected chi connectivity index (χ2v) is 5.16. The quantitative estimate of drug-likeness (QED) is 0.944. The zero-order chi connectivity index (χ0) is 13.1. The number of aromatic nitrogens is 2. The highest BCUT2D eigenvalue weighted by atomic mass is 79.9. The molecule has 1 heterocycles. The molecule has 2 aromatic rings. The lowest BCUT2D eigenvalue weighted by Gasteiger charge is -2.17. The average Bonchev–Trinajstić information content (AvgIpc) is 2.34. The third-order valence-electron chi connectivity index (χ3n) is 2.57. The highest BCUT2D eigenvalue weighted by molar-refractivity contribution is 9.10. The van der Waals surface area contributed by atoms with Crippen molar-refractivity contribution in [2.24, 2.45) is 0 Å². The zero-order valence-corrected chi connectivity index (χ0v) is 12.2. The van der Waals surface area contributed by atoms with E-state index in [2.05, 4.69) is 55.2 Å². The Hall–Kier alpha value is -1.62. The summed E-state index contributed by atoms with van der Waals surface area (Å²) < 4.78 is 0.867. The predicted octanol–water partition coefficient (Wildman–Crippen LogP) is 3.36. The minimum atomic E-state index is 0.590. The number of nitrogens with one attached hydrogen (secondary N) is 1. The van der Waals surface area contributed by atoms with Crippen molar-refractivity contribution in [2.45, 2.75) is 6.92 Å². The van der Waals surface area contributed by atoms with Crippen molar-refractivity contribution in [1.82, 2.24) is 9.97 Å². The summed E-state index contributed by atoms with van der Waals surface area (Å²) in [5.74, 6) is 0.590. The van der Waals surface area contributed by atoms with Gasteiger partial charge in [0.1, 0.15) is 0 Å². The lowest BCUT2D eigenvalue weighted by molar-refractivity contribution is 1.11. The van der Waals surface area contributed by atoms with Crippen molar-refractivity contribution in [1.29, 1.82) is 0 Å².